The zero-order valence-corrected chi connectivity index (χ0v) is 7.13. The van der Waals surface area contributed by atoms with Gasteiger partial charge in [-0.1, -0.05) is 0 Å². The Balaban J connectivity index is 3.07. The molecule has 1 aromatic rings. The molecule has 0 spiro atoms. The SMILES string of the molecule is COc1nc(OC)nc(B(O)O)n1. The van der Waals surface area contributed by atoms with Gasteiger partial charge in [-0.25, -0.2) is 0 Å². The fourth-order valence-corrected chi connectivity index (χ4v) is 0.651. The molecular formula is C5H8BN3O4. The zero-order valence-electron chi connectivity index (χ0n) is 7.13. The normalized spacial score (nSPS) is 9.54. The van der Waals surface area contributed by atoms with Crippen molar-refractivity contribution in [3.05, 3.63) is 0 Å². The van der Waals surface area contributed by atoms with Gasteiger partial charge >= 0.3 is 19.1 Å². The lowest BCUT2D eigenvalue weighted by atomic mass is 9.91. The van der Waals surface area contributed by atoms with Crippen molar-refractivity contribution in [1.82, 2.24) is 15.0 Å². The van der Waals surface area contributed by atoms with Gasteiger partial charge in [-0.2, -0.15) is 9.97 Å². The van der Waals surface area contributed by atoms with Crippen LogP contribution in [-0.2, 0) is 0 Å². The number of ether oxygens (including phenoxy) is 2. The van der Waals surface area contributed by atoms with E-state index in [1.54, 1.807) is 0 Å². The van der Waals surface area contributed by atoms with Gasteiger partial charge in [-0.05, 0) is 0 Å². The maximum Gasteiger partial charge on any atom is 0.528 e. The molecule has 0 radical (unpaired) electrons. The third-order valence-electron chi connectivity index (χ3n) is 1.21. The summed E-state index contributed by atoms with van der Waals surface area (Å²) in [6.07, 6.45) is 0. The highest BCUT2D eigenvalue weighted by Gasteiger charge is 2.18. The molecule has 8 heteroatoms. The van der Waals surface area contributed by atoms with E-state index in [0.29, 0.717) is 0 Å². The third kappa shape index (κ3) is 2.26. The van der Waals surface area contributed by atoms with E-state index in [4.69, 9.17) is 10.0 Å². The molecule has 0 saturated carbocycles. The van der Waals surface area contributed by atoms with Gasteiger partial charge < -0.3 is 19.5 Å². The summed E-state index contributed by atoms with van der Waals surface area (Å²) >= 11 is 0. The number of nitrogens with zero attached hydrogens (tertiary/aromatic N) is 3. The molecule has 0 saturated heterocycles. The summed E-state index contributed by atoms with van der Waals surface area (Å²) in [5.41, 5.74) is -0.219. The number of aromatic nitrogens is 3. The van der Waals surface area contributed by atoms with Crippen molar-refractivity contribution in [3.8, 4) is 12.0 Å². The maximum absolute atomic E-state index is 8.76. The lowest BCUT2D eigenvalue weighted by molar-refractivity contribution is 0.339. The van der Waals surface area contributed by atoms with Crippen LogP contribution in [0.15, 0.2) is 0 Å². The van der Waals surface area contributed by atoms with Crippen molar-refractivity contribution in [1.29, 1.82) is 0 Å². The van der Waals surface area contributed by atoms with E-state index in [9.17, 15) is 0 Å². The van der Waals surface area contributed by atoms with Crippen molar-refractivity contribution in [3.63, 3.8) is 0 Å². The molecule has 1 heterocycles. The van der Waals surface area contributed by atoms with E-state index in [1.165, 1.54) is 14.2 Å². The second-order valence-corrected chi connectivity index (χ2v) is 2.04. The monoisotopic (exact) mass is 185 g/mol. The van der Waals surface area contributed by atoms with Crippen molar-refractivity contribution in [2.24, 2.45) is 0 Å². The van der Waals surface area contributed by atoms with Crippen LogP contribution in [0.4, 0.5) is 0 Å². The highest BCUT2D eigenvalue weighted by molar-refractivity contribution is 6.56. The molecular weight excluding hydrogens is 177 g/mol. The molecule has 0 aromatic carbocycles. The summed E-state index contributed by atoms with van der Waals surface area (Å²) in [6, 6.07) is -0.0649. The summed E-state index contributed by atoms with van der Waals surface area (Å²) in [4.78, 5) is 10.8. The Hall–Kier alpha value is -1.41. The topological polar surface area (TPSA) is 97.6 Å². The average Bonchev–Trinajstić information content (AvgIpc) is 2.16. The van der Waals surface area contributed by atoms with Crippen molar-refractivity contribution in [2.75, 3.05) is 14.2 Å². The Morgan fingerprint density at radius 1 is 1.00 bits per heavy atom. The van der Waals surface area contributed by atoms with E-state index in [0.717, 1.165) is 0 Å². The molecule has 0 aliphatic rings. The van der Waals surface area contributed by atoms with E-state index in [1.807, 2.05) is 0 Å². The Kier molecular flexibility index (Phi) is 2.99. The predicted molar refractivity (Wildman–Crippen MR) is 42.8 cm³/mol. The maximum atomic E-state index is 8.76. The molecule has 13 heavy (non-hydrogen) atoms. The van der Waals surface area contributed by atoms with Crippen molar-refractivity contribution < 1.29 is 19.5 Å². The van der Waals surface area contributed by atoms with Crippen LogP contribution >= 0.6 is 0 Å². The molecule has 7 nitrogen and oxygen atoms in total. The molecule has 1 rings (SSSR count). The van der Waals surface area contributed by atoms with Crippen LogP contribution < -0.4 is 15.2 Å². The molecule has 70 valence electrons. The minimum Gasteiger partial charge on any atom is -0.467 e. The molecule has 0 unspecified atom stereocenters. The molecule has 0 atom stereocenters. The van der Waals surface area contributed by atoms with Crippen LogP contribution in [0.25, 0.3) is 0 Å². The van der Waals surface area contributed by atoms with Crippen LogP contribution in [-0.4, -0.2) is 46.3 Å². The third-order valence-corrected chi connectivity index (χ3v) is 1.21. The molecule has 0 aliphatic heterocycles. The van der Waals surface area contributed by atoms with E-state index < -0.39 is 7.12 Å². The largest absolute Gasteiger partial charge is 0.528 e. The van der Waals surface area contributed by atoms with Crippen LogP contribution in [0.1, 0.15) is 0 Å². The summed E-state index contributed by atoms with van der Waals surface area (Å²) in [6.45, 7) is 0. The summed E-state index contributed by atoms with van der Waals surface area (Å²) in [7, 11) is 0.927. The quantitative estimate of drug-likeness (QED) is 0.505. The van der Waals surface area contributed by atoms with Gasteiger partial charge in [0.25, 0.3) is 0 Å². The molecule has 0 amide bonds. The summed E-state index contributed by atoms with van der Waals surface area (Å²) in [5, 5.41) is 17.5. The van der Waals surface area contributed by atoms with Gasteiger partial charge in [0.05, 0.1) is 14.2 Å². The first kappa shape index (κ1) is 9.68. The summed E-state index contributed by atoms with van der Waals surface area (Å²) in [5.74, 6) is 0. The smallest absolute Gasteiger partial charge is 0.467 e. The first-order valence-corrected chi connectivity index (χ1v) is 3.37. The fraction of sp³-hybridized carbons (Fsp3) is 0.400. The Morgan fingerprint density at radius 3 is 1.77 bits per heavy atom. The van der Waals surface area contributed by atoms with Crippen molar-refractivity contribution in [2.45, 2.75) is 0 Å². The lowest BCUT2D eigenvalue weighted by Crippen LogP contribution is -2.36. The minimum atomic E-state index is -1.77. The van der Waals surface area contributed by atoms with E-state index >= 15 is 0 Å². The fourth-order valence-electron chi connectivity index (χ4n) is 0.651. The number of rotatable bonds is 3. The van der Waals surface area contributed by atoms with Crippen LogP contribution in [0.3, 0.4) is 0 Å². The minimum absolute atomic E-state index is 0.0325. The highest BCUT2D eigenvalue weighted by Crippen LogP contribution is 2.03. The molecule has 2 N–H and O–H groups in total. The Bertz CT molecular complexity index is 273. The van der Waals surface area contributed by atoms with E-state index in [-0.39, 0.29) is 17.7 Å². The predicted octanol–water partition coefficient (Wildman–Crippen LogP) is -2.43. The number of hydrogen-bond acceptors (Lipinski definition) is 7. The molecule has 0 fully saturated rings. The standard InChI is InChI=1S/C5H8BN3O4/c1-12-4-7-3(6(10)11)8-5(9-4)13-2/h10-11H,1-2H3. The molecule has 0 bridgehead atoms. The van der Waals surface area contributed by atoms with E-state index in [2.05, 4.69) is 24.4 Å². The molecule has 1 aromatic heterocycles. The zero-order chi connectivity index (χ0) is 9.84. The van der Waals surface area contributed by atoms with Gasteiger partial charge in [0.15, 0.2) is 5.72 Å². The van der Waals surface area contributed by atoms with Gasteiger partial charge in [0.1, 0.15) is 0 Å². The first-order valence-electron chi connectivity index (χ1n) is 3.37. The second-order valence-electron chi connectivity index (χ2n) is 2.04. The summed E-state index contributed by atoms with van der Waals surface area (Å²) < 4.78 is 9.37. The van der Waals surface area contributed by atoms with Gasteiger partial charge in [0.2, 0.25) is 0 Å². The Labute approximate surface area is 74.5 Å². The number of methoxy groups -OCH3 is 2. The lowest BCUT2D eigenvalue weighted by Gasteiger charge is -2.03. The first-order chi connectivity index (χ1) is 6.17. The van der Waals surface area contributed by atoms with Gasteiger partial charge in [-0.3, -0.25) is 0 Å². The average molecular weight is 185 g/mol. The van der Waals surface area contributed by atoms with Crippen molar-refractivity contribution >= 4 is 12.8 Å². The highest BCUT2D eigenvalue weighted by atomic mass is 16.5. The number of hydrogen-bond donors (Lipinski definition) is 2. The van der Waals surface area contributed by atoms with Crippen LogP contribution in [0.2, 0.25) is 0 Å². The van der Waals surface area contributed by atoms with Crippen LogP contribution in [0, 0.1) is 0 Å². The molecule has 0 aliphatic carbocycles. The Morgan fingerprint density at radius 2 is 1.46 bits per heavy atom. The second kappa shape index (κ2) is 4.01. The van der Waals surface area contributed by atoms with Gasteiger partial charge in [0, 0.05) is 0 Å². The van der Waals surface area contributed by atoms with Crippen LogP contribution in [0.5, 0.6) is 12.0 Å². The van der Waals surface area contributed by atoms with Gasteiger partial charge in [-0.15, -0.1) is 4.98 Å².